The normalized spacial score (nSPS) is 14.8. The minimum atomic E-state index is -4.79. The van der Waals surface area contributed by atoms with E-state index in [0.717, 1.165) is 0 Å². The molecule has 1 aliphatic heterocycles. The SMILES string of the molecule is CC(C)(C)OC(=O)N1CC(n2cc(-c3ccc(OC(F)(F)F)cc3)c3nccnc3c2=O)C1. The maximum atomic E-state index is 13.0. The number of hydrogen-bond donors (Lipinski definition) is 0. The Morgan fingerprint density at radius 1 is 1.03 bits per heavy atom. The second-order valence-electron chi connectivity index (χ2n) is 8.62. The molecule has 0 spiro atoms. The van der Waals surface area contributed by atoms with E-state index in [4.69, 9.17) is 4.74 Å². The van der Waals surface area contributed by atoms with Gasteiger partial charge in [0.1, 0.15) is 16.9 Å². The number of rotatable bonds is 3. The molecule has 0 bridgehead atoms. The van der Waals surface area contributed by atoms with Gasteiger partial charge in [0.25, 0.3) is 5.56 Å². The van der Waals surface area contributed by atoms with Gasteiger partial charge in [-0.15, -0.1) is 13.2 Å². The molecule has 1 saturated heterocycles. The Labute approximate surface area is 186 Å². The van der Waals surface area contributed by atoms with Crippen molar-refractivity contribution in [3.05, 3.63) is 53.2 Å². The molecule has 1 fully saturated rings. The van der Waals surface area contributed by atoms with Gasteiger partial charge in [0, 0.05) is 37.2 Å². The van der Waals surface area contributed by atoms with Crippen LogP contribution in [0.5, 0.6) is 5.75 Å². The largest absolute Gasteiger partial charge is 0.573 e. The number of nitrogens with zero attached hydrogens (tertiary/aromatic N) is 4. The Morgan fingerprint density at radius 2 is 1.64 bits per heavy atom. The summed E-state index contributed by atoms with van der Waals surface area (Å²) in [4.78, 5) is 35.2. The number of halogens is 3. The Bertz CT molecular complexity index is 1240. The first-order chi connectivity index (χ1) is 15.4. The van der Waals surface area contributed by atoms with Gasteiger partial charge in [0.2, 0.25) is 0 Å². The molecule has 0 atom stereocenters. The summed E-state index contributed by atoms with van der Waals surface area (Å²) in [5.74, 6) is -0.359. The smallest absolute Gasteiger partial charge is 0.444 e. The third-order valence-corrected chi connectivity index (χ3v) is 4.96. The molecule has 0 radical (unpaired) electrons. The van der Waals surface area contributed by atoms with Crippen molar-refractivity contribution in [2.24, 2.45) is 0 Å². The number of fused-ring (bicyclic) bond motifs is 1. The third kappa shape index (κ3) is 4.91. The number of amides is 1. The van der Waals surface area contributed by atoms with Crippen molar-refractivity contribution < 1.29 is 27.4 Å². The number of benzene rings is 1. The van der Waals surface area contributed by atoms with Crippen LogP contribution >= 0.6 is 0 Å². The number of alkyl halides is 3. The first kappa shape index (κ1) is 22.6. The lowest BCUT2D eigenvalue weighted by Gasteiger charge is -2.40. The Balaban J connectivity index is 1.66. The Hall–Kier alpha value is -3.63. The van der Waals surface area contributed by atoms with E-state index in [9.17, 15) is 22.8 Å². The topological polar surface area (TPSA) is 86.6 Å². The van der Waals surface area contributed by atoms with Crippen LogP contribution < -0.4 is 10.3 Å². The van der Waals surface area contributed by atoms with Gasteiger partial charge in [-0.1, -0.05) is 12.1 Å². The molecule has 33 heavy (non-hydrogen) atoms. The highest BCUT2D eigenvalue weighted by atomic mass is 19.4. The molecule has 11 heteroatoms. The number of carbonyl (C=O) groups is 1. The van der Waals surface area contributed by atoms with E-state index in [0.29, 0.717) is 16.6 Å². The van der Waals surface area contributed by atoms with Crippen molar-refractivity contribution in [3.8, 4) is 16.9 Å². The quantitative estimate of drug-likeness (QED) is 0.581. The van der Waals surface area contributed by atoms with Crippen LogP contribution in [0.2, 0.25) is 0 Å². The summed E-state index contributed by atoms with van der Waals surface area (Å²) >= 11 is 0. The number of likely N-dealkylation sites (tertiary alicyclic amines) is 1. The zero-order valence-corrected chi connectivity index (χ0v) is 18.1. The predicted octanol–water partition coefficient (Wildman–Crippen LogP) is 4.15. The lowest BCUT2D eigenvalue weighted by molar-refractivity contribution is -0.274. The highest BCUT2D eigenvalue weighted by Gasteiger charge is 2.36. The van der Waals surface area contributed by atoms with Crippen molar-refractivity contribution in [2.75, 3.05) is 13.1 Å². The van der Waals surface area contributed by atoms with E-state index < -0.39 is 18.1 Å². The van der Waals surface area contributed by atoms with Crippen LogP contribution in [0, 0.1) is 0 Å². The molecule has 0 aliphatic carbocycles. The van der Waals surface area contributed by atoms with Crippen molar-refractivity contribution in [2.45, 2.75) is 38.8 Å². The van der Waals surface area contributed by atoms with Crippen LogP contribution in [0.4, 0.5) is 18.0 Å². The average Bonchev–Trinajstić information content (AvgIpc) is 2.67. The highest BCUT2D eigenvalue weighted by molar-refractivity contribution is 5.90. The maximum Gasteiger partial charge on any atom is 0.573 e. The zero-order chi connectivity index (χ0) is 24.0. The van der Waals surface area contributed by atoms with Crippen LogP contribution in [0.1, 0.15) is 26.8 Å². The average molecular weight is 462 g/mol. The fourth-order valence-electron chi connectivity index (χ4n) is 3.50. The summed E-state index contributed by atoms with van der Waals surface area (Å²) in [5, 5.41) is 0. The van der Waals surface area contributed by atoms with Crippen LogP contribution in [-0.2, 0) is 4.74 Å². The minimum Gasteiger partial charge on any atom is -0.444 e. The van der Waals surface area contributed by atoms with E-state index >= 15 is 0 Å². The van der Waals surface area contributed by atoms with Crippen LogP contribution in [0.25, 0.3) is 22.2 Å². The number of ether oxygens (including phenoxy) is 2. The van der Waals surface area contributed by atoms with Crippen LogP contribution in [-0.4, -0.2) is 50.6 Å². The predicted molar refractivity (Wildman–Crippen MR) is 113 cm³/mol. The summed E-state index contributed by atoms with van der Waals surface area (Å²) in [6.07, 6.45) is -0.837. The fraction of sp³-hybridized carbons (Fsp3) is 0.364. The van der Waals surface area contributed by atoms with Crippen molar-refractivity contribution >= 4 is 17.1 Å². The monoisotopic (exact) mass is 462 g/mol. The van der Waals surface area contributed by atoms with E-state index in [-0.39, 0.29) is 36.0 Å². The van der Waals surface area contributed by atoms with Gasteiger partial charge in [-0.2, -0.15) is 0 Å². The molecule has 4 rings (SSSR count). The molecule has 2 aromatic heterocycles. The third-order valence-electron chi connectivity index (χ3n) is 4.96. The summed E-state index contributed by atoms with van der Waals surface area (Å²) in [7, 11) is 0. The molecule has 3 aromatic rings. The van der Waals surface area contributed by atoms with Gasteiger partial charge in [0.05, 0.1) is 6.04 Å². The van der Waals surface area contributed by atoms with Crippen molar-refractivity contribution in [1.29, 1.82) is 0 Å². The first-order valence-electron chi connectivity index (χ1n) is 10.1. The summed E-state index contributed by atoms with van der Waals surface area (Å²) in [6, 6.07) is 4.98. The molecule has 1 aromatic carbocycles. The Morgan fingerprint density at radius 3 is 2.21 bits per heavy atom. The van der Waals surface area contributed by atoms with Gasteiger partial charge in [-0.05, 0) is 38.5 Å². The van der Waals surface area contributed by atoms with E-state index in [1.165, 1.54) is 46.1 Å². The van der Waals surface area contributed by atoms with E-state index in [1.54, 1.807) is 27.0 Å². The van der Waals surface area contributed by atoms with E-state index in [2.05, 4.69) is 14.7 Å². The molecule has 174 valence electrons. The molecule has 0 N–H and O–H groups in total. The maximum absolute atomic E-state index is 13.0. The van der Waals surface area contributed by atoms with Gasteiger partial charge in [-0.3, -0.25) is 9.78 Å². The fourth-order valence-corrected chi connectivity index (χ4v) is 3.50. The minimum absolute atomic E-state index is 0.126. The molecule has 3 heterocycles. The second-order valence-corrected chi connectivity index (χ2v) is 8.62. The van der Waals surface area contributed by atoms with Gasteiger partial charge in [-0.25, -0.2) is 9.78 Å². The molecule has 8 nitrogen and oxygen atoms in total. The lowest BCUT2D eigenvalue weighted by atomic mass is 10.0. The zero-order valence-electron chi connectivity index (χ0n) is 18.1. The summed E-state index contributed by atoms with van der Waals surface area (Å²) in [5.41, 5.74) is 0.506. The molecular formula is C22H21F3N4O4. The standard InChI is InChI=1S/C22H21F3N4O4/c1-21(2,3)33-20(31)28-10-14(11-28)29-12-16(17-18(19(29)30)27-9-8-26-17)13-4-6-15(7-5-13)32-22(23,24)25/h4-9,12,14H,10-11H2,1-3H3. The summed E-state index contributed by atoms with van der Waals surface area (Å²) < 4.78 is 48.2. The molecule has 0 unspecified atom stereocenters. The second kappa shape index (κ2) is 8.05. The first-order valence-corrected chi connectivity index (χ1v) is 10.1. The van der Waals surface area contributed by atoms with Gasteiger partial charge < -0.3 is 18.9 Å². The van der Waals surface area contributed by atoms with Gasteiger partial charge in [0.15, 0.2) is 5.52 Å². The number of pyridine rings is 1. The number of aromatic nitrogens is 3. The lowest BCUT2D eigenvalue weighted by Crippen LogP contribution is -2.54. The molecule has 0 saturated carbocycles. The van der Waals surface area contributed by atoms with Crippen LogP contribution in [0.15, 0.2) is 47.7 Å². The summed E-state index contributed by atoms with van der Waals surface area (Å²) in [6.45, 7) is 5.86. The molecule has 1 aliphatic rings. The van der Waals surface area contributed by atoms with Crippen molar-refractivity contribution in [1.82, 2.24) is 19.4 Å². The number of carbonyl (C=O) groups excluding carboxylic acids is 1. The van der Waals surface area contributed by atoms with E-state index in [1.807, 2.05) is 0 Å². The highest BCUT2D eigenvalue weighted by Crippen LogP contribution is 2.31. The van der Waals surface area contributed by atoms with Crippen LogP contribution in [0.3, 0.4) is 0 Å². The van der Waals surface area contributed by atoms with Crippen molar-refractivity contribution in [3.63, 3.8) is 0 Å². The molecule has 1 amide bonds. The number of hydrogen-bond acceptors (Lipinski definition) is 6. The molecular weight excluding hydrogens is 441 g/mol. The van der Waals surface area contributed by atoms with Gasteiger partial charge >= 0.3 is 12.5 Å². The Kier molecular flexibility index (Phi) is 5.51.